The minimum Gasteiger partial charge on any atom is -0.353 e. The van der Waals surface area contributed by atoms with E-state index >= 15 is 0 Å². The molecule has 3 heterocycles. The molecule has 1 aliphatic heterocycles. The lowest BCUT2D eigenvalue weighted by molar-refractivity contribution is -0.121. The van der Waals surface area contributed by atoms with Crippen molar-refractivity contribution in [2.45, 2.75) is 52.4 Å². The number of rotatable bonds is 7. The van der Waals surface area contributed by atoms with Gasteiger partial charge in [0, 0.05) is 37.1 Å². The van der Waals surface area contributed by atoms with Crippen molar-refractivity contribution in [3.63, 3.8) is 0 Å². The monoisotopic (exact) mass is 412 g/mol. The molecule has 3 aromatic rings. The lowest BCUT2D eigenvalue weighted by Gasteiger charge is -2.32. The summed E-state index contributed by atoms with van der Waals surface area (Å²) in [6, 6.07) is 10.1. The normalized spacial score (nSPS) is 15.4. The molecule has 0 radical (unpaired) electrons. The molecule has 6 nitrogen and oxygen atoms in total. The maximum absolute atomic E-state index is 12.8. The number of para-hydroxylation sites is 2. The fraction of sp³-hybridized carbons (Fsp3) is 0.455. The Morgan fingerprint density at radius 1 is 1.21 bits per heavy atom. The van der Waals surface area contributed by atoms with Gasteiger partial charge in [-0.25, -0.2) is 4.79 Å². The highest BCUT2D eigenvalue weighted by Gasteiger charge is 2.22. The molecular weight excluding hydrogens is 384 g/mol. The van der Waals surface area contributed by atoms with Gasteiger partial charge in [0.1, 0.15) is 6.54 Å². The Bertz CT molecular complexity index is 1060. The summed E-state index contributed by atoms with van der Waals surface area (Å²) in [5, 5.41) is 5.19. The number of hydrogen-bond donors (Lipinski definition) is 1. The second kappa shape index (κ2) is 8.55. The van der Waals surface area contributed by atoms with E-state index in [9.17, 15) is 9.59 Å². The van der Waals surface area contributed by atoms with Crippen LogP contribution in [0.25, 0.3) is 11.0 Å². The average molecular weight is 413 g/mol. The highest BCUT2D eigenvalue weighted by Crippen LogP contribution is 2.25. The SMILES string of the molecule is CCCn1c(=O)n(CC(=O)NCC(C)N2CCc3sccc3C2)c2ccccc21. The topological polar surface area (TPSA) is 59.3 Å². The van der Waals surface area contributed by atoms with Crippen LogP contribution in [0.2, 0.25) is 0 Å². The largest absolute Gasteiger partial charge is 0.353 e. The number of carbonyl (C=O) groups is 1. The van der Waals surface area contributed by atoms with Gasteiger partial charge in [0.25, 0.3) is 0 Å². The molecule has 0 fully saturated rings. The summed E-state index contributed by atoms with van der Waals surface area (Å²) in [5.74, 6) is -0.119. The predicted molar refractivity (Wildman–Crippen MR) is 117 cm³/mol. The summed E-state index contributed by atoms with van der Waals surface area (Å²) < 4.78 is 3.35. The highest BCUT2D eigenvalue weighted by atomic mass is 32.1. The van der Waals surface area contributed by atoms with Gasteiger partial charge < -0.3 is 5.32 Å². The zero-order valence-corrected chi connectivity index (χ0v) is 17.9. The number of aromatic nitrogens is 2. The molecule has 0 spiro atoms. The van der Waals surface area contributed by atoms with Crippen LogP contribution < -0.4 is 11.0 Å². The van der Waals surface area contributed by atoms with Gasteiger partial charge >= 0.3 is 5.69 Å². The van der Waals surface area contributed by atoms with E-state index in [1.807, 2.05) is 42.5 Å². The van der Waals surface area contributed by atoms with Crippen LogP contribution >= 0.6 is 11.3 Å². The summed E-state index contributed by atoms with van der Waals surface area (Å²) in [5.41, 5.74) is 3.00. The van der Waals surface area contributed by atoms with Gasteiger partial charge in [-0.15, -0.1) is 11.3 Å². The molecule has 0 aliphatic carbocycles. The summed E-state index contributed by atoms with van der Waals surface area (Å²) >= 11 is 1.84. The Morgan fingerprint density at radius 3 is 2.72 bits per heavy atom. The van der Waals surface area contributed by atoms with Crippen molar-refractivity contribution in [3.05, 3.63) is 56.6 Å². The minimum absolute atomic E-state index is 0.0530. The van der Waals surface area contributed by atoms with E-state index in [0.717, 1.165) is 37.0 Å². The third-order valence-corrected chi connectivity index (χ3v) is 6.75. The molecule has 154 valence electrons. The second-order valence-electron chi connectivity index (χ2n) is 7.75. The number of thiophene rings is 1. The van der Waals surface area contributed by atoms with Crippen LogP contribution in [-0.4, -0.2) is 39.1 Å². The second-order valence-corrected chi connectivity index (χ2v) is 8.75. The molecule has 0 saturated heterocycles. The van der Waals surface area contributed by atoms with Crippen LogP contribution in [0.15, 0.2) is 40.5 Å². The number of amides is 1. The zero-order valence-electron chi connectivity index (χ0n) is 17.1. The van der Waals surface area contributed by atoms with Crippen molar-refractivity contribution in [3.8, 4) is 0 Å². The Hall–Kier alpha value is -2.38. The van der Waals surface area contributed by atoms with E-state index in [-0.39, 0.29) is 24.2 Å². The number of carbonyl (C=O) groups excluding carboxylic acids is 1. The molecule has 2 aromatic heterocycles. The first-order valence-electron chi connectivity index (χ1n) is 10.3. The van der Waals surface area contributed by atoms with Crippen molar-refractivity contribution in [2.24, 2.45) is 0 Å². The Balaban J connectivity index is 1.40. The van der Waals surface area contributed by atoms with Gasteiger partial charge in [0.05, 0.1) is 11.0 Å². The van der Waals surface area contributed by atoms with Gasteiger partial charge in [-0.3, -0.25) is 18.8 Å². The quantitative estimate of drug-likeness (QED) is 0.649. The lowest BCUT2D eigenvalue weighted by Crippen LogP contribution is -2.45. The fourth-order valence-corrected chi connectivity index (χ4v) is 4.99. The molecule has 1 N–H and O–H groups in total. The number of imidazole rings is 1. The van der Waals surface area contributed by atoms with Crippen molar-refractivity contribution in [1.29, 1.82) is 0 Å². The first kappa shape index (κ1) is 19.9. The van der Waals surface area contributed by atoms with E-state index in [4.69, 9.17) is 0 Å². The molecule has 7 heteroatoms. The van der Waals surface area contributed by atoms with Gasteiger partial charge in [-0.05, 0) is 48.9 Å². The van der Waals surface area contributed by atoms with Crippen molar-refractivity contribution < 1.29 is 4.79 Å². The van der Waals surface area contributed by atoms with Crippen molar-refractivity contribution in [2.75, 3.05) is 13.1 Å². The number of aryl methyl sites for hydroxylation is 1. The number of benzene rings is 1. The Morgan fingerprint density at radius 2 is 1.97 bits per heavy atom. The molecule has 0 saturated carbocycles. The highest BCUT2D eigenvalue weighted by molar-refractivity contribution is 7.10. The van der Waals surface area contributed by atoms with E-state index in [2.05, 4.69) is 28.6 Å². The molecule has 1 aromatic carbocycles. The van der Waals surface area contributed by atoms with Gasteiger partial charge in [0.15, 0.2) is 0 Å². The van der Waals surface area contributed by atoms with Crippen LogP contribution in [0.4, 0.5) is 0 Å². The molecular formula is C22H28N4O2S. The van der Waals surface area contributed by atoms with Crippen LogP contribution in [0.3, 0.4) is 0 Å². The number of fused-ring (bicyclic) bond motifs is 2. The molecule has 1 amide bonds. The van der Waals surface area contributed by atoms with Crippen molar-refractivity contribution in [1.82, 2.24) is 19.4 Å². The summed E-state index contributed by atoms with van der Waals surface area (Å²) in [6.07, 6.45) is 1.96. The smallest absolute Gasteiger partial charge is 0.329 e. The number of nitrogens with zero attached hydrogens (tertiary/aromatic N) is 3. The first-order chi connectivity index (χ1) is 14.1. The van der Waals surface area contributed by atoms with E-state index in [1.165, 1.54) is 10.4 Å². The van der Waals surface area contributed by atoms with Crippen LogP contribution in [0, 0.1) is 0 Å². The molecule has 4 rings (SSSR count). The fourth-order valence-electron chi connectivity index (χ4n) is 4.10. The Labute approximate surface area is 174 Å². The average Bonchev–Trinajstić information content (AvgIpc) is 3.30. The molecule has 1 atom stereocenters. The van der Waals surface area contributed by atoms with E-state index in [1.54, 1.807) is 9.13 Å². The molecule has 29 heavy (non-hydrogen) atoms. The van der Waals surface area contributed by atoms with Gasteiger partial charge in [-0.1, -0.05) is 19.1 Å². The third-order valence-electron chi connectivity index (χ3n) is 5.73. The molecule has 1 aliphatic rings. The first-order valence-corrected chi connectivity index (χ1v) is 11.2. The number of nitrogens with one attached hydrogen (secondary N) is 1. The third kappa shape index (κ3) is 4.02. The molecule has 0 bridgehead atoms. The van der Waals surface area contributed by atoms with E-state index in [0.29, 0.717) is 13.1 Å². The zero-order chi connectivity index (χ0) is 20.4. The van der Waals surface area contributed by atoms with Gasteiger partial charge in [-0.2, -0.15) is 0 Å². The summed E-state index contributed by atoms with van der Waals surface area (Å²) in [7, 11) is 0. The van der Waals surface area contributed by atoms with E-state index < -0.39 is 0 Å². The summed E-state index contributed by atoms with van der Waals surface area (Å²) in [6.45, 7) is 7.46. The van der Waals surface area contributed by atoms with Crippen molar-refractivity contribution >= 4 is 28.3 Å². The molecule has 1 unspecified atom stereocenters. The predicted octanol–water partition coefficient (Wildman–Crippen LogP) is 2.84. The minimum atomic E-state index is -0.119. The number of hydrogen-bond acceptors (Lipinski definition) is 4. The van der Waals surface area contributed by atoms with Gasteiger partial charge in [0.2, 0.25) is 5.91 Å². The maximum Gasteiger partial charge on any atom is 0.329 e. The van der Waals surface area contributed by atoms with Crippen LogP contribution in [0.5, 0.6) is 0 Å². The lowest BCUT2D eigenvalue weighted by atomic mass is 10.1. The van der Waals surface area contributed by atoms with Crippen LogP contribution in [-0.2, 0) is 30.8 Å². The standard InChI is InChI=1S/C22H28N4O2S/c1-3-10-25-18-6-4-5-7-19(18)26(22(25)28)15-21(27)23-13-16(2)24-11-8-20-17(14-24)9-12-29-20/h4-7,9,12,16H,3,8,10-11,13-15H2,1-2H3,(H,23,27). The Kier molecular flexibility index (Phi) is 5.87. The summed E-state index contributed by atoms with van der Waals surface area (Å²) in [4.78, 5) is 29.3. The maximum atomic E-state index is 12.8. The van der Waals surface area contributed by atoms with Crippen LogP contribution in [0.1, 0.15) is 30.7 Å².